The Kier molecular flexibility index (Phi) is 5.25. The molecule has 1 heterocycles. The van der Waals surface area contributed by atoms with Gasteiger partial charge in [0.1, 0.15) is 18.0 Å². The van der Waals surface area contributed by atoms with Crippen LogP contribution in [0.1, 0.15) is 24.6 Å². The lowest BCUT2D eigenvalue weighted by Gasteiger charge is -2.20. The predicted molar refractivity (Wildman–Crippen MR) is 97.9 cm³/mol. The molecule has 0 saturated carbocycles. The molecule has 1 aromatic heterocycles. The van der Waals surface area contributed by atoms with Crippen molar-refractivity contribution >= 4 is 11.6 Å². The summed E-state index contributed by atoms with van der Waals surface area (Å²) < 4.78 is 11.6. The number of rotatable bonds is 5. The minimum absolute atomic E-state index is 0.138. The van der Waals surface area contributed by atoms with Crippen molar-refractivity contribution in [2.45, 2.75) is 32.7 Å². The van der Waals surface area contributed by atoms with Crippen LogP contribution < -0.4 is 20.3 Å². The normalized spacial score (nSPS) is 15.9. The molecule has 2 aromatic rings. The molecule has 1 amide bonds. The van der Waals surface area contributed by atoms with E-state index in [2.05, 4.69) is 17.3 Å². The lowest BCUT2D eigenvalue weighted by Crippen LogP contribution is -2.32. The zero-order valence-electron chi connectivity index (χ0n) is 15.2. The van der Waals surface area contributed by atoms with Crippen molar-refractivity contribution in [2.24, 2.45) is 5.92 Å². The molecular formula is C19H23N3O4. The molecule has 0 radical (unpaired) electrons. The van der Waals surface area contributed by atoms with E-state index in [0.29, 0.717) is 23.1 Å². The highest BCUT2D eigenvalue weighted by atomic mass is 16.5. The summed E-state index contributed by atoms with van der Waals surface area (Å²) >= 11 is 0. The zero-order chi connectivity index (χ0) is 18.7. The van der Waals surface area contributed by atoms with Gasteiger partial charge in [0.05, 0.1) is 19.9 Å². The van der Waals surface area contributed by atoms with Crippen LogP contribution in [0.25, 0.3) is 0 Å². The molecule has 3 rings (SSSR count). The van der Waals surface area contributed by atoms with E-state index in [0.717, 1.165) is 30.5 Å². The van der Waals surface area contributed by atoms with Crippen molar-refractivity contribution in [1.29, 1.82) is 0 Å². The summed E-state index contributed by atoms with van der Waals surface area (Å²) in [5, 5.41) is 7.15. The number of benzene rings is 1. The van der Waals surface area contributed by atoms with Crippen LogP contribution in [0.2, 0.25) is 0 Å². The summed E-state index contributed by atoms with van der Waals surface area (Å²) in [6.45, 7) is 2.03. The minimum atomic E-state index is -0.334. The van der Waals surface area contributed by atoms with Gasteiger partial charge < -0.3 is 14.8 Å². The fourth-order valence-electron chi connectivity index (χ4n) is 3.14. The molecule has 1 aromatic carbocycles. The van der Waals surface area contributed by atoms with E-state index in [1.54, 1.807) is 24.3 Å². The molecule has 0 spiro atoms. The Balaban J connectivity index is 1.76. The van der Waals surface area contributed by atoms with Gasteiger partial charge in [-0.1, -0.05) is 6.92 Å². The van der Waals surface area contributed by atoms with Gasteiger partial charge in [0, 0.05) is 30.0 Å². The Hall–Kier alpha value is -2.83. The second-order valence-corrected chi connectivity index (χ2v) is 6.61. The molecule has 7 nitrogen and oxygen atoms in total. The number of carbonyl (C=O) groups is 1. The van der Waals surface area contributed by atoms with Crippen molar-refractivity contribution in [3.05, 3.63) is 45.9 Å². The maximum absolute atomic E-state index is 12.4. The van der Waals surface area contributed by atoms with Crippen LogP contribution in [-0.2, 0) is 24.2 Å². The van der Waals surface area contributed by atoms with Crippen molar-refractivity contribution in [3.8, 4) is 11.5 Å². The number of hydrogen-bond donors (Lipinski definition) is 1. The van der Waals surface area contributed by atoms with Crippen molar-refractivity contribution in [3.63, 3.8) is 0 Å². The van der Waals surface area contributed by atoms with E-state index < -0.39 is 0 Å². The SMILES string of the molecule is COc1cc(NC(=O)Cn2nc3c(cc2=O)C[C@H](C)CC3)cc(OC)c1. The number of amides is 1. The number of hydrogen-bond acceptors (Lipinski definition) is 5. The molecular weight excluding hydrogens is 334 g/mol. The molecule has 0 unspecified atom stereocenters. The predicted octanol–water partition coefficient (Wildman–Crippen LogP) is 2.02. The van der Waals surface area contributed by atoms with Crippen LogP contribution in [-0.4, -0.2) is 29.9 Å². The second-order valence-electron chi connectivity index (χ2n) is 6.61. The van der Waals surface area contributed by atoms with Gasteiger partial charge in [0.25, 0.3) is 5.56 Å². The number of aryl methyl sites for hydroxylation is 1. The molecule has 1 N–H and O–H groups in total. The number of anilines is 1. The Morgan fingerprint density at radius 3 is 2.58 bits per heavy atom. The van der Waals surface area contributed by atoms with Crippen molar-refractivity contribution in [1.82, 2.24) is 9.78 Å². The summed E-state index contributed by atoms with van der Waals surface area (Å²) in [6.07, 6.45) is 2.76. The first-order valence-electron chi connectivity index (χ1n) is 8.61. The first kappa shape index (κ1) is 18.0. The molecule has 1 aliphatic rings. The fourth-order valence-corrected chi connectivity index (χ4v) is 3.14. The quantitative estimate of drug-likeness (QED) is 0.885. The number of nitrogens with one attached hydrogen (secondary N) is 1. The maximum Gasteiger partial charge on any atom is 0.267 e. The van der Waals surface area contributed by atoms with Gasteiger partial charge in [-0.25, -0.2) is 4.68 Å². The van der Waals surface area contributed by atoms with E-state index in [9.17, 15) is 9.59 Å². The van der Waals surface area contributed by atoms with Gasteiger partial charge in [-0.2, -0.15) is 5.10 Å². The number of aromatic nitrogens is 2. The summed E-state index contributed by atoms with van der Waals surface area (Å²) in [7, 11) is 3.08. The standard InChI is InChI=1S/C19H23N3O4/c1-12-4-5-17-13(6-12)7-19(24)22(21-17)11-18(23)20-14-8-15(25-2)10-16(9-14)26-3/h7-10,12H,4-6,11H2,1-3H3,(H,20,23)/t12-/m1/s1. The fraction of sp³-hybridized carbons (Fsp3) is 0.421. The molecule has 0 saturated heterocycles. The molecule has 0 bridgehead atoms. The second kappa shape index (κ2) is 7.59. The first-order chi connectivity index (χ1) is 12.5. The topological polar surface area (TPSA) is 82.5 Å². The number of ether oxygens (including phenoxy) is 2. The highest BCUT2D eigenvalue weighted by molar-refractivity contribution is 5.91. The summed E-state index contributed by atoms with van der Waals surface area (Å²) in [5.41, 5.74) is 2.20. The number of fused-ring (bicyclic) bond motifs is 1. The van der Waals surface area contributed by atoms with Gasteiger partial charge in [0.2, 0.25) is 5.91 Å². The van der Waals surface area contributed by atoms with Gasteiger partial charge >= 0.3 is 0 Å². The third-order valence-electron chi connectivity index (χ3n) is 4.54. The largest absolute Gasteiger partial charge is 0.497 e. The third-order valence-corrected chi connectivity index (χ3v) is 4.54. The summed E-state index contributed by atoms with van der Waals surface area (Å²) in [6, 6.07) is 6.70. The molecule has 26 heavy (non-hydrogen) atoms. The number of nitrogens with zero attached hydrogens (tertiary/aromatic N) is 2. The van der Waals surface area contributed by atoms with Crippen molar-refractivity contribution < 1.29 is 14.3 Å². The van der Waals surface area contributed by atoms with E-state index in [1.165, 1.54) is 18.9 Å². The first-order valence-corrected chi connectivity index (χ1v) is 8.61. The van der Waals surface area contributed by atoms with Gasteiger partial charge in [-0.05, 0) is 30.7 Å². The maximum atomic E-state index is 12.4. The molecule has 0 aliphatic heterocycles. The average molecular weight is 357 g/mol. The van der Waals surface area contributed by atoms with E-state index >= 15 is 0 Å². The lowest BCUT2D eigenvalue weighted by atomic mass is 9.88. The van der Waals surface area contributed by atoms with Crippen LogP contribution in [0.15, 0.2) is 29.1 Å². The van der Waals surface area contributed by atoms with E-state index in [-0.39, 0.29) is 18.0 Å². The van der Waals surface area contributed by atoms with Crippen LogP contribution in [0.4, 0.5) is 5.69 Å². The monoisotopic (exact) mass is 357 g/mol. The highest BCUT2D eigenvalue weighted by Crippen LogP contribution is 2.26. The smallest absolute Gasteiger partial charge is 0.267 e. The molecule has 7 heteroatoms. The number of methoxy groups -OCH3 is 2. The third kappa shape index (κ3) is 4.04. The molecule has 0 fully saturated rings. The van der Waals surface area contributed by atoms with E-state index in [4.69, 9.17) is 9.47 Å². The van der Waals surface area contributed by atoms with Crippen LogP contribution >= 0.6 is 0 Å². The molecule has 1 aliphatic carbocycles. The Morgan fingerprint density at radius 2 is 1.92 bits per heavy atom. The molecule has 138 valence electrons. The van der Waals surface area contributed by atoms with E-state index in [1.807, 2.05) is 0 Å². The van der Waals surface area contributed by atoms with Crippen LogP contribution in [0, 0.1) is 5.92 Å². The van der Waals surface area contributed by atoms with Gasteiger partial charge in [-0.3, -0.25) is 9.59 Å². The van der Waals surface area contributed by atoms with Gasteiger partial charge in [-0.15, -0.1) is 0 Å². The van der Waals surface area contributed by atoms with Crippen LogP contribution in [0.5, 0.6) is 11.5 Å². The molecule has 1 atom stereocenters. The number of carbonyl (C=O) groups excluding carboxylic acids is 1. The Morgan fingerprint density at radius 1 is 1.23 bits per heavy atom. The summed E-state index contributed by atoms with van der Waals surface area (Å²) in [4.78, 5) is 24.6. The Labute approximate surface area is 151 Å². The van der Waals surface area contributed by atoms with Gasteiger partial charge in [0.15, 0.2) is 0 Å². The lowest BCUT2D eigenvalue weighted by molar-refractivity contribution is -0.117. The zero-order valence-corrected chi connectivity index (χ0v) is 15.2. The van der Waals surface area contributed by atoms with Crippen LogP contribution in [0.3, 0.4) is 0 Å². The average Bonchev–Trinajstić information content (AvgIpc) is 2.62. The van der Waals surface area contributed by atoms with Crippen molar-refractivity contribution in [2.75, 3.05) is 19.5 Å². The summed E-state index contributed by atoms with van der Waals surface area (Å²) in [5.74, 6) is 1.36. The highest BCUT2D eigenvalue weighted by Gasteiger charge is 2.19. The Bertz CT molecular complexity index is 853. The minimum Gasteiger partial charge on any atom is -0.497 e.